The van der Waals surface area contributed by atoms with Gasteiger partial charge < -0.3 is 20.5 Å². The van der Waals surface area contributed by atoms with Crippen LogP contribution in [0.4, 0.5) is 4.79 Å². The van der Waals surface area contributed by atoms with E-state index in [4.69, 9.17) is 9.84 Å². The van der Waals surface area contributed by atoms with E-state index in [2.05, 4.69) is 34.9 Å². The zero-order chi connectivity index (χ0) is 25.0. The Morgan fingerprint density at radius 1 is 1.00 bits per heavy atom. The Bertz CT molecular complexity index is 1050. The Balaban J connectivity index is 1.28. The van der Waals surface area contributed by atoms with Crippen molar-refractivity contribution in [2.45, 2.75) is 57.9 Å². The van der Waals surface area contributed by atoms with Gasteiger partial charge in [-0.15, -0.1) is 0 Å². The molecule has 4 rings (SSSR count). The van der Waals surface area contributed by atoms with Crippen LogP contribution >= 0.6 is 0 Å². The lowest BCUT2D eigenvalue weighted by Crippen LogP contribution is -2.44. The number of amides is 2. The molecule has 0 unspecified atom stereocenters. The zero-order valence-electron chi connectivity index (χ0n) is 20.4. The Kier molecular flexibility index (Phi) is 7.43. The molecule has 0 bridgehead atoms. The molecule has 0 saturated heterocycles. The van der Waals surface area contributed by atoms with Gasteiger partial charge in [-0.05, 0) is 46.9 Å². The van der Waals surface area contributed by atoms with Gasteiger partial charge in [0.05, 0.1) is 6.42 Å². The molecule has 3 N–H and O–H groups in total. The van der Waals surface area contributed by atoms with Crippen LogP contribution in [0.25, 0.3) is 11.1 Å². The Hall–Kier alpha value is -3.35. The van der Waals surface area contributed by atoms with Gasteiger partial charge in [-0.2, -0.15) is 0 Å². The van der Waals surface area contributed by atoms with Crippen molar-refractivity contribution in [2.75, 3.05) is 13.2 Å². The van der Waals surface area contributed by atoms with E-state index in [1.54, 1.807) is 0 Å². The predicted molar refractivity (Wildman–Crippen MR) is 133 cm³/mol. The van der Waals surface area contributed by atoms with Gasteiger partial charge in [0.25, 0.3) is 0 Å². The van der Waals surface area contributed by atoms with Crippen LogP contribution < -0.4 is 10.6 Å². The molecule has 2 amide bonds. The van der Waals surface area contributed by atoms with Crippen LogP contribution in [-0.2, 0) is 14.3 Å². The second kappa shape index (κ2) is 10.5. The number of aliphatic carboxylic acids is 1. The number of carbonyl (C=O) groups excluding carboxylic acids is 2. The van der Waals surface area contributed by atoms with Crippen LogP contribution in [0.2, 0.25) is 0 Å². The third-order valence-corrected chi connectivity index (χ3v) is 7.08. The molecule has 1 saturated carbocycles. The van der Waals surface area contributed by atoms with E-state index in [1.165, 1.54) is 22.3 Å². The smallest absolute Gasteiger partial charge is 0.407 e. The highest BCUT2D eigenvalue weighted by Gasteiger charge is 2.32. The summed E-state index contributed by atoms with van der Waals surface area (Å²) in [6, 6.07) is 16.3. The first kappa shape index (κ1) is 24.8. The lowest BCUT2D eigenvalue weighted by molar-refractivity contribution is -0.139. The molecule has 7 heteroatoms. The number of fused-ring (bicyclic) bond motifs is 3. The number of rotatable bonds is 8. The summed E-state index contributed by atoms with van der Waals surface area (Å²) in [5, 5.41) is 14.9. The summed E-state index contributed by atoms with van der Waals surface area (Å²) in [6.07, 6.45) is 2.48. The highest BCUT2D eigenvalue weighted by molar-refractivity contribution is 5.80. The van der Waals surface area contributed by atoms with Crippen molar-refractivity contribution in [2.24, 2.45) is 11.3 Å². The minimum Gasteiger partial charge on any atom is -0.481 e. The van der Waals surface area contributed by atoms with Gasteiger partial charge in [-0.25, -0.2) is 4.79 Å². The van der Waals surface area contributed by atoms with Gasteiger partial charge in [0.2, 0.25) is 5.91 Å². The van der Waals surface area contributed by atoms with Crippen LogP contribution in [0.5, 0.6) is 0 Å². The van der Waals surface area contributed by atoms with Gasteiger partial charge in [0, 0.05) is 24.4 Å². The maximum atomic E-state index is 12.7. The molecule has 0 aliphatic heterocycles. The average molecular weight is 479 g/mol. The third kappa shape index (κ3) is 6.02. The number of carboxylic acids is 1. The number of nitrogens with one attached hydrogen (secondary N) is 2. The molecular formula is C28H34N2O5. The summed E-state index contributed by atoms with van der Waals surface area (Å²) in [5.74, 6) is -1.16. The number of hydrogen-bond donors (Lipinski definition) is 3. The summed E-state index contributed by atoms with van der Waals surface area (Å²) in [4.78, 5) is 36.3. The van der Waals surface area contributed by atoms with Crippen LogP contribution in [0.3, 0.4) is 0 Å². The summed E-state index contributed by atoms with van der Waals surface area (Å²) in [6.45, 7) is 4.21. The van der Waals surface area contributed by atoms with Crippen molar-refractivity contribution in [1.29, 1.82) is 0 Å². The van der Waals surface area contributed by atoms with E-state index >= 15 is 0 Å². The van der Waals surface area contributed by atoms with E-state index in [9.17, 15) is 14.4 Å². The molecule has 2 atom stereocenters. The zero-order valence-corrected chi connectivity index (χ0v) is 20.4. The molecule has 2 aromatic carbocycles. The molecule has 2 aromatic rings. The molecule has 35 heavy (non-hydrogen) atoms. The van der Waals surface area contributed by atoms with Crippen LogP contribution in [0.15, 0.2) is 48.5 Å². The standard InChI is InChI=1S/C28H34N2O5/c1-28(2,15-25(31)32)17-29-26(33)18-8-7-9-19(14-18)30-27(34)35-16-24-22-12-5-3-10-20(22)21-11-4-6-13-23(21)24/h3-6,10-13,18-19,24H,7-9,14-17H2,1-2H3,(H,29,33)(H,30,34)(H,31,32)/t18-,19-/m1/s1. The van der Waals surface area contributed by atoms with Crippen LogP contribution in [-0.4, -0.2) is 42.3 Å². The normalized spacial score (nSPS) is 19.4. The van der Waals surface area contributed by atoms with E-state index in [0.29, 0.717) is 13.0 Å². The molecule has 0 radical (unpaired) electrons. The molecule has 2 aliphatic rings. The van der Waals surface area contributed by atoms with Gasteiger partial charge in [0.15, 0.2) is 0 Å². The van der Waals surface area contributed by atoms with Gasteiger partial charge in [0.1, 0.15) is 6.61 Å². The SMILES string of the molecule is CC(C)(CNC(=O)[C@@H]1CCC[C@@H](NC(=O)OCC2c3ccccc3-c3ccccc32)C1)CC(=O)O. The average Bonchev–Trinajstić information content (AvgIpc) is 3.14. The monoisotopic (exact) mass is 478 g/mol. The lowest BCUT2D eigenvalue weighted by Gasteiger charge is -2.30. The van der Waals surface area contributed by atoms with E-state index < -0.39 is 17.5 Å². The largest absolute Gasteiger partial charge is 0.481 e. The molecule has 186 valence electrons. The Morgan fingerprint density at radius 3 is 2.26 bits per heavy atom. The second-order valence-electron chi connectivity index (χ2n) is 10.5. The fourth-order valence-corrected chi connectivity index (χ4v) is 5.31. The number of benzene rings is 2. The second-order valence-corrected chi connectivity index (χ2v) is 10.5. The highest BCUT2D eigenvalue weighted by atomic mass is 16.5. The minimum absolute atomic E-state index is 0.00666. The molecule has 7 nitrogen and oxygen atoms in total. The Labute approximate surface area is 206 Å². The summed E-state index contributed by atoms with van der Waals surface area (Å²) >= 11 is 0. The van der Waals surface area contributed by atoms with Crippen LogP contribution in [0.1, 0.15) is 63.0 Å². The van der Waals surface area contributed by atoms with Crippen molar-refractivity contribution in [3.8, 4) is 11.1 Å². The number of hydrogen-bond acceptors (Lipinski definition) is 4. The van der Waals surface area contributed by atoms with Gasteiger partial charge in [-0.3, -0.25) is 9.59 Å². The van der Waals surface area contributed by atoms with Crippen molar-refractivity contribution < 1.29 is 24.2 Å². The van der Waals surface area contributed by atoms with Crippen molar-refractivity contribution in [3.63, 3.8) is 0 Å². The maximum Gasteiger partial charge on any atom is 0.407 e. The fourth-order valence-electron chi connectivity index (χ4n) is 5.31. The maximum absolute atomic E-state index is 12.7. The van der Waals surface area contributed by atoms with Crippen LogP contribution in [0, 0.1) is 11.3 Å². The number of carbonyl (C=O) groups is 3. The molecule has 2 aliphatic carbocycles. The molecular weight excluding hydrogens is 444 g/mol. The number of alkyl carbamates (subject to hydrolysis) is 1. The van der Waals surface area contributed by atoms with Gasteiger partial charge in [-0.1, -0.05) is 68.8 Å². The molecule has 1 fully saturated rings. The quantitative estimate of drug-likeness (QED) is 0.510. The summed E-state index contributed by atoms with van der Waals surface area (Å²) < 4.78 is 5.66. The van der Waals surface area contributed by atoms with E-state index in [1.807, 2.05) is 38.1 Å². The van der Waals surface area contributed by atoms with Gasteiger partial charge >= 0.3 is 12.1 Å². The summed E-state index contributed by atoms with van der Waals surface area (Å²) in [5.41, 5.74) is 4.19. The first-order valence-electron chi connectivity index (χ1n) is 12.3. The fraction of sp³-hybridized carbons (Fsp3) is 0.464. The van der Waals surface area contributed by atoms with E-state index in [-0.39, 0.29) is 36.8 Å². The highest BCUT2D eigenvalue weighted by Crippen LogP contribution is 2.44. The summed E-state index contributed by atoms with van der Waals surface area (Å²) in [7, 11) is 0. The molecule has 0 heterocycles. The molecule has 0 aromatic heterocycles. The van der Waals surface area contributed by atoms with Crippen molar-refractivity contribution >= 4 is 18.0 Å². The Morgan fingerprint density at radius 2 is 1.63 bits per heavy atom. The minimum atomic E-state index is -0.880. The topological polar surface area (TPSA) is 105 Å². The van der Waals surface area contributed by atoms with Crippen molar-refractivity contribution in [1.82, 2.24) is 10.6 Å². The van der Waals surface area contributed by atoms with E-state index in [0.717, 1.165) is 19.3 Å². The third-order valence-electron chi connectivity index (χ3n) is 7.08. The predicted octanol–water partition coefficient (Wildman–Crippen LogP) is 4.70. The first-order chi connectivity index (χ1) is 16.7. The molecule has 0 spiro atoms. The van der Waals surface area contributed by atoms with Crippen molar-refractivity contribution in [3.05, 3.63) is 59.7 Å². The first-order valence-corrected chi connectivity index (χ1v) is 12.3. The number of carboxylic acid groups (broad SMARTS) is 1. The lowest BCUT2D eigenvalue weighted by atomic mass is 9.84. The number of ether oxygens (including phenoxy) is 1.